The molecule has 0 radical (unpaired) electrons. The smallest absolute Gasteiger partial charge is 0.303 e. The number of halogens is 1. The highest BCUT2D eigenvalue weighted by atomic mass is 79.9. The summed E-state index contributed by atoms with van der Waals surface area (Å²) in [5.41, 5.74) is 1.11. The number of unbranched alkanes of at least 4 members (excludes halogenated alkanes) is 1. The number of benzene rings is 1. The quantitative estimate of drug-likeness (QED) is 0.726. The first-order chi connectivity index (χ1) is 10.1. The predicted molar refractivity (Wildman–Crippen MR) is 83.8 cm³/mol. The fraction of sp³-hybridized carbons (Fsp3) is 0.500. The molecule has 1 saturated carbocycles. The molecule has 0 spiro atoms. The number of carboxylic acid groups (broad SMARTS) is 1. The second kappa shape index (κ2) is 7.59. The van der Waals surface area contributed by atoms with Gasteiger partial charge >= 0.3 is 5.97 Å². The van der Waals surface area contributed by atoms with Crippen LogP contribution in [0.15, 0.2) is 28.7 Å². The van der Waals surface area contributed by atoms with Gasteiger partial charge in [0.2, 0.25) is 5.91 Å². The van der Waals surface area contributed by atoms with Crippen LogP contribution in [0.2, 0.25) is 0 Å². The molecule has 2 rings (SSSR count). The van der Waals surface area contributed by atoms with Gasteiger partial charge < -0.3 is 10.0 Å². The average molecular weight is 354 g/mol. The third-order valence-electron chi connectivity index (χ3n) is 3.64. The van der Waals surface area contributed by atoms with Crippen molar-refractivity contribution in [1.82, 2.24) is 4.90 Å². The van der Waals surface area contributed by atoms with Crippen LogP contribution in [0.5, 0.6) is 0 Å². The van der Waals surface area contributed by atoms with Gasteiger partial charge in [-0.2, -0.15) is 0 Å². The summed E-state index contributed by atoms with van der Waals surface area (Å²) in [5.74, 6) is -0.659. The number of carboxylic acids is 1. The van der Waals surface area contributed by atoms with E-state index in [1.54, 1.807) is 0 Å². The molecule has 0 heterocycles. The first-order valence-corrected chi connectivity index (χ1v) is 8.12. The highest BCUT2D eigenvalue weighted by Gasteiger charge is 2.32. The van der Waals surface area contributed by atoms with Crippen molar-refractivity contribution in [3.8, 4) is 0 Å². The van der Waals surface area contributed by atoms with Crippen molar-refractivity contribution in [2.24, 2.45) is 0 Å². The topological polar surface area (TPSA) is 57.6 Å². The van der Waals surface area contributed by atoms with Crippen molar-refractivity contribution in [2.45, 2.75) is 51.1 Å². The molecule has 1 fully saturated rings. The molecular weight excluding hydrogens is 334 g/mol. The van der Waals surface area contributed by atoms with E-state index in [0.717, 1.165) is 22.9 Å². The van der Waals surface area contributed by atoms with E-state index < -0.39 is 5.97 Å². The van der Waals surface area contributed by atoms with Crippen LogP contribution in [0.25, 0.3) is 0 Å². The van der Waals surface area contributed by atoms with Gasteiger partial charge in [-0.3, -0.25) is 9.59 Å². The van der Waals surface area contributed by atoms with Crippen LogP contribution in [-0.2, 0) is 16.1 Å². The van der Waals surface area contributed by atoms with Gasteiger partial charge in [0.1, 0.15) is 0 Å². The number of nitrogens with zero attached hydrogens (tertiary/aromatic N) is 1. The lowest BCUT2D eigenvalue weighted by Gasteiger charge is -2.23. The maximum Gasteiger partial charge on any atom is 0.303 e. The van der Waals surface area contributed by atoms with Crippen molar-refractivity contribution in [3.05, 3.63) is 34.3 Å². The Balaban J connectivity index is 1.88. The monoisotopic (exact) mass is 353 g/mol. The van der Waals surface area contributed by atoms with Crippen LogP contribution in [0.1, 0.15) is 44.1 Å². The van der Waals surface area contributed by atoms with Gasteiger partial charge in [-0.05, 0) is 37.3 Å². The molecule has 1 aliphatic rings. The molecular formula is C16H20BrNO3. The van der Waals surface area contributed by atoms with Gasteiger partial charge in [-0.25, -0.2) is 0 Å². The number of aliphatic carboxylic acids is 1. The summed E-state index contributed by atoms with van der Waals surface area (Å²) in [6.45, 7) is 0.629. The Hall–Kier alpha value is -1.36. The van der Waals surface area contributed by atoms with E-state index in [-0.39, 0.29) is 12.3 Å². The van der Waals surface area contributed by atoms with E-state index in [9.17, 15) is 9.59 Å². The summed E-state index contributed by atoms with van der Waals surface area (Å²) in [7, 11) is 0. The van der Waals surface area contributed by atoms with E-state index in [4.69, 9.17) is 5.11 Å². The molecule has 1 aromatic carbocycles. The van der Waals surface area contributed by atoms with Crippen LogP contribution >= 0.6 is 15.9 Å². The predicted octanol–water partition coefficient (Wildman–Crippen LogP) is 3.59. The lowest BCUT2D eigenvalue weighted by atomic mass is 10.1. The molecule has 114 valence electrons. The van der Waals surface area contributed by atoms with E-state index in [1.165, 1.54) is 0 Å². The van der Waals surface area contributed by atoms with Gasteiger partial charge in [0.05, 0.1) is 0 Å². The van der Waals surface area contributed by atoms with Crippen LogP contribution < -0.4 is 0 Å². The first-order valence-electron chi connectivity index (χ1n) is 7.32. The normalized spacial score (nSPS) is 14.0. The molecule has 1 aliphatic carbocycles. The Bertz CT molecular complexity index is 514. The summed E-state index contributed by atoms with van der Waals surface area (Å²) >= 11 is 3.52. The molecule has 1 amide bonds. The zero-order valence-corrected chi connectivity index (χ0v) is 13.5. The van der Waals surface area contributed by atoms with Crippen LogP contribution in [0.3, 0.4) is 0 Å². The van der Waals surface area contributed by atoms with E-state index in [1.807, 2.05) is 29.2 Å². The maximum atomic E-state index is 12.3. The van der Waals surface area contributed by atoms with Gasteiger partial charge in [0.25, 0.3) is 0 Å². The molecule has 0 saturated heterocycles. The minimum absolute atomic E-state index is 0.138. The number of hydrogen-bond donors (Lipinski definition) is 1. The lowest BCUT2D eigenvalue weighted by molar-refractivity contribution is -0.137. The standard InChI is InChI=1S/C16H20BrNO3/c17-14-6-2-1-5-12(14)11-18(13-9-10-13)15(19)7-3-4-8-16(20)21/h1-2,5-6,13H,3-4,7-11H2,(H,20,21). The number of hydrogen-bond acceptors (Lipinski definition) is 2. The highest BCUT2D eigenvalue weighted by molar-refractivity contribution is 9.10. The van der Waals surface area contributed by atoms with E-state index in [0.29, 0.717) is 31.8 Å². The minimum atomic E-state index is -0.797. The van der Waals surface area contributed by atoms with E-state index >= 15 is 0 Å². The van der Waals surface area contributed by atoms with Crippen LogP contribution in [0.4, 0.5) is 0 Å². The Labute approximate surface area is 133 Å². The van der Waals surface area contributed by atoms with Gasteiger partial charge in [0, 0.05) is 29.9 Å². The van der Waals surface area contributed by atoms with Crippen LogP contribution in [-0.4, -0.2) is 27.9 Å². The Kier molecular flexibility index (Phi) is 5.79. The molecule has 0 aliphatic heterocycles. The third kappa shape index (κ3) is 5.16. The first kappa shape index (κ1) is 16.0. The van der Waals surface area contributed by atoms with Crippen molar-refractivity contribution in [2.75, 3.05) is 0 Å². The van der Waals surface area contributed by atoms with Crippen molar-refractivity contribution in [3.63, 3.8) is 0 Å². The van der Waals surface area contributed by atoms with Gasteiger partial charge in [-0.1, -0.05) is 34.1 Å². The average Bonchev–Trinajstić information content (AvgIpc) is 3.27. The summed E-state index contributed by atoms with van der Waals surface area (Å²) in [6, 6.07) is 8.31. The summed E-state index contributed by atoms with van der Waals surface area (Å²) in [4.78, 5) is 24.8. The number of rotatable bonds is 8. The van der Waals surface area contributed by atoms with Crippen molar-refractivity contribution in [1.29, 1.82) is 0 Å². The molecule has 0 bridgehead atoms. The molecule has 0 aromatic heterocycles. The SMILES string of the molecule is O=C(O)CCCCC(=O)N(Cc1ccccc1Br)C1CC1. The molecule has 0 unspecified atom stereocenters. The largest absolute Gasteiger partial charge is 0.481 e. The second-order valence-corrected chi connectivity index (χ2v) is 6.30. The lowest BCUT2D eigenvalue weighted by Crippen LogP contribution is -2.32. The molecule has 21 heavy (non-hydrogen) atoms. The Morgan fingerprint density at radius 3 is 2.48 bits per heavy atom. The number of carbonyl (C=O) groups excluding carboxylic acids is 1. The Morgan fingerprint density at radius 1 is 1.19 bits per heavy atom. The molecule has 0 atom stereocenters. The zero-order valence-electron chi connectivity index (χ0n) is 11.9. The number of amides is 1. The fourth-order valence-electron chi connectivity index (χ4n) is 2.31. The summed E-state index contributed by atoms with van der Waals surface area (Å²) in [5, 5.41) is 8.61. The van der Waals surface area contributed by atoms with E-state index in [2.05, 4.69) is 15.9 Å². The molecule has 4 nitrogen and oxygen atoms in total. The third-order valence-corrected chi connectivity index (χ3v) is 4.41. The zero-order chi connectivity index (χ0) is 15.2. The second-order valence-electron chi connectivity index (χ2n) is 5.45. The Morgan fingerprint density at radius 2 is 1.86 bits per heavy atom. The maximum absolute atomic E-state index is 12.3. The van der Waals surface area contributed by atoms with Crippen molar-refractivity contribution >= 4 is 27.8 Å². The molecule has 1 N–H and O–H groups in total. The van der Waals surface area contributed by atoms with Gasteiger partial charge in [0.15, 0.2) is 0 Å². The highest BCUT2D eigenvalue weighted by Crippen LogP contribution is 2.30. The summed E-state index contributed by atoms with van der Waals surface area (Å²) in [6.07, 6.45) is 3.94. The number of carbonyl (C=O) groups is 2. The molecule has 5 heteroatoms. The minimum Gasteiger partial charge on any atom is -0.481 e. The van der Waals surface area contributed by atoms with Crippen LogP contribution in [0, 0.1) is 0 Å². The van der Waals surface area contributed by atoms with Gasteiger partial charge in [-0.15, -0.1) is 0 Å². The molecule has 1 aromatic rings. The summed E-state index contributed by atoms with van der Waals surface area (Å²) < 4.78 is 1.02. The fourth-order valence-corrected chi connectivity index (χ4v) is 2.72. The van der Waals surface area contributed by atoms with Crippen molar-refractivity contribution < 1.29 is 14.7 Å².